The van der Waals surface area contributed by atoms with Crippen LogP contribution in [0.3, 0.4) is 0 Å². The molecule has 2 N–H and O–H groups in total. The average molecular weight is 177 g/mol. The summed E-state index contributed by atoms with van der Waals surface area (Å²) in [7, 11) is 0. The van der Waals surface area contributed by atoms with Gasteiger partial charge in [0, 0.05) is 17.7 Å². The molecule has 0 radical (unpaired) electrons. The van der Waals surface area contributed by atoms with Crippen molar-refractivity contribution >= 4 is 11.5 Å². The molecule has 0 aliphatic heterocycles. The molecule has 0 spiro atoms. The van der Waals surface area contributed by atoms with Crippen LogP contribution in [0.1, 0.15) is 36.2 Å². The summed E-state index contributed by atoms with van der Waals surface area (Å²) in [6, 6.07) is 5.63. The van der Waals surface area contributed by atoms with E-state index in [4.69, 9.17) is 5.73 Å². The van der Waals surface area contributed by atoms with E-state index in [0.717, 1.165) is 12.0 Å². The van der Waals surface area contributed by atoms with Crippen molar-refractivity contribution in [1.82, 2.24) is 0 Å². The van der Waals surface area contributed by atoms with E-state index in [9.17, 15) is 4.79 Å². The van der Waals surface area contributed by atoms with E-state index in [1.807, 2.05) is 26.0 Å². The number of aryl methyl sites for hydroxylation is 1. The number of hydrogen-bond donors (Lipinski definition) is 1. The number of ketones is 1. The number of nitrogens with two attached hydrogens (primary N) is 1. The molecule has 1 rings (SSSR count). The van der Waals surface area contributed by atoms with Crippen LogP contribution in [0.15, 0.2) is 18.2 Å². The number of nitrogen functional groups attached to an aromatic ring is 1. The van der Waals surface area contributed by atoms with Crippen LogP contribution in [0.2, 0.25) is 0 Å². The highest BCUT2D eigenvalue weighted by Gasteiger charge is 2.11. The Bertz CT molecular complexity index is 318. The highest BCUT2D eigenvalue weighted by molar-refractivity contribution is 6.01. The van der Waals surface area contributed by atoms with Gasteiger partial charge in [-0.2, -0.15) is 0 Å². The zero-order chi connectivity index (χ0) is 9.84. The molecule has 1 aromatic carbocycles. The second-order valence-corrected chi connectivity index (χ2v) is 3.01. The summed E-state index contributed by atoms with van der Waals surface area (Å²) in [4.78, 5) is 11.5. The summed E-state index contributed by atoms with van der Waals surface area (Å²) >= 11 is 0. The van der Waals surface area contributed by atoms with Crippen molar-refractivity contribution in [2.24, 2.45) is 0 Å². The molecule has 0 saturated heterocycles. The van der Waals surface area contributed by atoms with Crippen LogP contribution in [-0.2, 0) is 6.42 Å². The number of hydrogen-bond acceptors (Lipinski definition) is 2. The lowest BCUT2D eigenvalue weighted by molar-refractivity contribution is 0.0988. The first-order valence-corrected chi connectivity index (χ1v) is 4.61. The van der Waals surface area contributed by atoms with Crippen molar-refractivity contribution < 1.29 is 4.79 Å². The highest BCUT2D eigenvalue weighted by Crippen LogP contribution is 2.19. The molecule has 2 heteroatoms. The molecule has 0 aliphatic rings. The summed E-state index contributed by atoms with van der Waals surface area (Å²) in [5.41, 5.74) is 8.12. The SMILES string of the molecule is CCC(=O)c1c(N)cccc1CC. The molecule has 13 heavy (non-hydrogen) atoms. The normalized spacial score (nSPS) is 10.0. The molecule has 0 aliphatic carbocycles. The van der Waals surface area contributed by atoms with Crippen LogP contribution in [0, 0.1) is 0 Å². The van der Waals surface area contributed by atoms with Crippen LogP contribution in [0.5, 0.6) is 0 Å². The minimum absolute atomic E-state index is 0.134. The summed E-state index contributed by atoms with van der Waals surface area (Å²) < 4.78 is 0. The number of carbonyl (C=O) groups is 1. The smallest absolute Gasteiger partial charge is 0.164 e. The topological polar surface area (TPSA) is 43.1 Å². The van der Waals surface area contributed by atoms with E-state index in [-0.39, 0.29) is 5.78 Å². The first-order chi connectivity index (χ1) is 6.20. The number of rotatable bonds is 3. The standard InChI is InChI=1S/C11H15NO/c1-3-8-6-5-7-9(12)11(8)10(13)4-2/h5-7H,3-4,12H2,1-2H3. The fraction of sp³-hybridized carbons (Fsp3) is 0.364. The lowest BCUT2D eigenvalue weighted by Crippen LogP contribution is -2.06. The third kappa shape index (κ3) is 1.89. The second-order valence-electron chi connectivity index (χ2n) is 3.01. The van der Waals surface area contributed by atoms with Gasteiger partial charge in [-0.15, -0.1) is 0 Å². The third-order valence-corrected chi connectivity index (χ3v) is 2.16. The summed E-state index contributed by atoms with van der Waals surface area (Å²) in [6.45, 7) is 3.88. The Labute approximate surface area is 78.8 Å². The van der Waals surface area contributed by atoms with Gasteiger partial charge in [-0.25, -0.2) is 0 Å². The molecule has 70 valence electrons. The molecule has 0 aromatic heterocycles. The first kappa shape index (κ1) is 9.78. The molecular formula is C11H15NO. The zero-order valence-corrected chi connectivity index (χ0v) is 8.13. The Morgan fingerprint density at radius 2 is 2.08 bits per heavy atom. The van der Waals surface area contributed by atoms with E-state index in [2.05, 4.69) is 0 Å². The number of anilines is 1. The van der Waals surface area contributed by atoms with Crippen molar-refractivity contribution in [3.8, 4) is 0 Å². The Balaban J connectivity index is 3.22. The third-order valence-electron chi connectivity index (χ3n) is 2.16. The van der Waals surface area contributed by atoms with Gasteiger partial charge in [-0.1, -0.05) is 26.0 Å². The van der Waals surface area contributed by atoms with E-state index < -0.39 is 0 Å². The average Bonchev–Trinajstić information content (AvgIpc) is 2.16. The van der Waals surface area contributed by atoms with Gasteiger partial charge in [0.15, 0.2) is 5.78 Å². The molecule has 2 nitrogen and oxygen atoms in total. The predicted molar refractivity (Wildman–Crippen MR) is 54.9 cm³/mol. The Kier molecular flexibility index (Phi) is 3.07. The maximum Gasteiger partial charge on any atom is 0.164 e. The van der Waals surface area contributed by atoms with Crippen LogP contribution in [0.4, 0.5) is 5.69 Å². The predicted octanol–water partition coefficient (Wildman–Crippen LogP) is 2.42. The minimum Gasteiger partial charge on any atom is -0.398 e. The number of Topliss-reactive ketones (excluding diaryl/α,β-unsaturated/α-hetero) is 1. The lowest BCUT2D eigenvalue weighted by atomic mass is 9.98. The monoisotopic (exact) mass is 177 g/mol. The number of carbonyl (C=O) groups excluding carboxylic acids is 1. The van der Waals surface area contributed by atoms with Gasteiger partial charge in [-0.05, 0) is 18.1 Å². The van der Waals surface area contributed by atoms with Crippen molar-refractivity contribution in [3.63, 3.8) is 0 Å². The maximum absolute atomic E-state index is 11.5. The van der Waals surface area contributed by atoms with Crippen molar-refractivity contribution in [2.45, 2.75) is 26.7 Å². The summed E-state index contributed by atoms with van der Waals surface area (Å²) in [5.74, 6) is 0.134. The van der Waals surface area contributed by atoms with Crippen molar-refractivity contribution in [2.75, 3.05) is 5.73 Å². The molecule has 0 bridgehead atoms. The fourth-order valence-corrected chi connectivity index (χ4v) is 1.43. The largest absolute Gasteiger partial charge is 0.398 e. The molecule has 0 fully saturated rings. The second kappa shape index (κ2) is 4.08. The van der Waals surface area contributed by atoms with Crippen LogP contribution in [0.25, 0.3) is 0 Å². The first-order valence-electron chi connectivity index (χ1n) is 4.61. The Morgan fingerprint density at radius 3 is 2.62 bits per heavy atom. The maximum atomic E-state index is 11.5. The highest BCUT2D eigenvalue weighted by atomic mass is 16.1. The van der Waals surface area contributed by atoms with E-state index in [0.29, 0.717) is 17.7 Å². The van der Waals surface area contributed by atoms with Gasteiger partial charge in [0.2, 0.25) is 0 Å². The van der Waals surface area contributed by atoms with Gasteiger partial charge >= 0.3 is 0 Å². The molecule has 0 unspecified atom stereocenters. The van der Waals surface area contributed by atoms with Gasteiger partial charge in [0.05, 0.1) is 0 Å². The Hall–Kier alpha value is -1.31. The minimum atomic E-state index is 0.134. The Morgan fingerprint density at radius 1 is 1.38 bits per heavy atom. The lowest BCUT2D eigenvalue weighted by Gasteiger charge is -2.08. The molecule has 0 heterocycles. The fourth-order valence-electron chi connectivity index (χ4n) is 1.43. The molecule has 1 aromatic rings. The van der Waals surface area contributed by atoms with E-state index in [1.165, 1.54) is 0 Å². The van der Waals surface area contributed by atoms with Crippen LogP contribution < -0.4 is 5.73 Å². The summed E-state index contributed by atoms with van der Waals surface area (Å²) in [5, 5.41) is 0. The van der Waals surface area contributed by atoms with Crippen LogP contribution in [-0.4, -0.2) is 5.78 Å². The van der Waals surface area contributed by atoms with Gasteiger partial charge < -0.3 is 5.73 Å². The van der Waals surface area contributed by atoms with Crippen molar-refractivity contribution in [3.05, 3.63) is 29.3 Å². The molecular weight excluding hydrogens is 162 g/mol. The quantitative estimate of drug-likeness (QED) is 0.569. The molecule has 0 atom stereocenters. The van der Waals surface area contributed by atoms with Gasteiger partial charge in [0.1, 0.15) is 0 Å². The zero-order valence-electron chi connectivity index (χ0n) is 8.13. The molecule has 0 saturated carbocycles. The molecule has 0 amide bonds. The van der Waals surface area contributed by atoms with E-state index in [1.54, 1.807) is 6.07 Å². The van der Waals surface area contributed by atoms with E-state index >= 15 is 0 Å². The van der Waals surface area contributed by atoms with Gasteiger partial charge in [0.25, 0.3) is 0 Å². The summed E-state index contributed by atoms with van der Waals surface area (Å²) in [6.07, 6.45) is 1.37. The van der Waals surface area contributed by atoms with Gasteiger partial charge in [-0.3, -0.25) is 4.79 Å². The van der Waals surface area contributed by atoms with Crippen LogP contribution >= 0.6 is 0 Å². The number of benzene rings is 1. The van der Waals surface area contributed by atoms with Crippen molar-refractivity contribution in [1.29, 1.82) is 0 Å².